The van der Waals surface area contributed by atoms with Crippen LogP contribution in [0, 0.1) is 10.1 Å². The molecule has 3 rings (SSSR count). The van der Waals surface area contributed by atoms with Crippen molar-refractivity contribution < 1.29 is 9.45 Å². The summed E-state index contributed by atoms with van der Waals surface area (Å²) in [5.74, 6) is 0.756. The molecule has 0 saturated carbocycles. The zero-order valence-electron chi connectivity index (χ0n) is 9.40. The summed E-state index contributed by atoms with van der Waals surface area (Å²) in [6, 6.07) is 6.88. The first-order valence-electron chi connectivity index (χ1n) is 5.20. The topological polar surface area (TPSA) is 95.2 Å². The van der Waals surface area contributed by atoms with Gasteiger partial charge in [-0.3, -0.25) is 10.1 Å². The summed E-state index contributed by atoms with van der Waals surface area (Å²) in [6.07, 6.45) is 0. The predicted octanol–water partition coefficient (Wildman–Crippen LogP) is 3.62. The molecule has 0 bridgehead atoms. The van der Waals surface area contributed by atoms with Gasteiger partial charge >= 0.3 is 5.00 Å². The van der Waals surface area contributed by atoms with E-state index in [1.54, 1.807) is 6.07 Å². The van der Waals surface area contributed by atoms with Gasteiger partial charge in [-0.2, -0.15) is 0 Å². The average molecular weight is 293 g/mol. The number of hydrogen-bond donors (Lipinski definition) is 1. The number of rotatable bonds is 3. The number of nitro groups is 1. The molecule has 0 saturated heterocycles. The van der Waals surface area contributed by atoms with E-state index < -0.39 is 4.92 Å². The molecule has 96 valence electrons. The number of nitrogens with two attached hydrogens (primary N) is 1. The van der Waals surface area contributed by atoms with Crippen molar-refractivity contribution in [3.63, 3.8) is 0 Å². The van der Waals surface area contributed by atoms with Crippen LogP contribution in [-0.2, 0) is 0 Å². The van der Waals surface area contributed by atoms with Gasteiger partial charge < -0.3 is 10.3 Å². The van der Waals surface area contributed by atoms with Crippen molar-refractivity contribution in [2.45, 2.75) is 0 Å². The molecule has 0 fully saturated rings. The van der Waals surface area contributed by atoms with E-state index in [1.165, 1.54) is 17.4 Å². The van der Waals surface area contributed by atoms with E-state index >= 15 is 0 Å². The number of nitrogens with zero attached hydrogens (tertiary/aromatic N) is 2. The number of thiophene rings is 2. The number of aromatic nitrogens is 1. The van der Waals surface area contributed by atoms with E-state index in [-0.39, 0.29) is 10.8 Å². The van der Waals surface area contributed by atoms with E-state index in [0.717, 1.165) is 16.2 Å². The van der Waals surface area contributed by atoms with Crippen LogP contribution in [0.2, 0.25) is 0 Å². The molecule has 3 aromatic heterocycles. The molecule has 3 heterocycles. The summed E-state index contributed by atoms with van der Waals surface area (Å²) in [6.45, 7) is 0. The summed E-state index contributed by atoms with van der Waals surface area (Å²) >= 11 is 2.54. The molecule has 6 nitrogen and oxygen atoms in total. The molecule has 0 aliphatic rings. The maximum absolute atomic E-state index is 10.7. The Labute approximate surface area is 115 Å². The standard InChI is InChI=1S/C11H7N3O3S2/c12-11-9(6-2-1-5-18-6)10(17-13-11)7-3-4-8(19-7)14(15)16/h1-5H,(H2,12,13). The van der Waals surface area contributed by atoms with Crippen LogP contribution >= 0.6 is 22.7 Å². The highest BCUT2D eigenvalue weighted by atomic mass is 32.1. The molecule has 0 amide bonds. The van der Waals surface area contributed by atoms with Crippen molar-refractivity contribution >= 4 is 33.5 Å². The Bertz CT molecular complexity index is 730. The number of hydrogen-bond acceptors (Lipinski definition) is 7. The molecule has 0 aliphatic carbocycles. The summed E-state index contributed by atoms with van der Waals surface area (Å²) in [7, 11) is 0. The smallest absolute Gasteiger partial charge is 0.324 e. The van der Waals surface area contributed by atoms with E-state index in [9.17, 15) is 10.1 Å². The summed E-state index contributed by atoms with van der Waals surface area (Å²) in [4.78, 5) is 11.8. The van der Waals surface area contributed by atoms with Crippen LogP contribution in [-0.4, -0.2) is 10.1 Å². The molecular formula is C11H7N3O3S2. The van der Waals surface area contributed by atoms with Crippen molar-refractivity contribution in [1.82, 2.24) is 5.16 Å². The first-order chi connectivity index (χ1) is 9.16. The van der Waals surface area contributed by atoms with Gasteiger partial charge in [0.25, 0.3) is 0 Å². The number of nitrogen functional groups attached to an aromatic ring is 1. The van der Waals surface area contributed by atoms with E-state index in [0.29, 0.717) is 16.2 Å². The fourth-order valence-corrected chi connectivity index (χ4v) is 3.26. The third kappa shape index (κ3) is 2.00. The first-order valence-corrected chi connectivity index (χ1v) is 6.90. The normalized spacial score (nSPS) is 10.7. The Balaban J connectivity index is 2.13. The monoisotopic (exact) mass is 293 g/mol. The van der Waals surface area contributed by atoms with Crippen molar-refractivity contribution in [3.05, 3.63) is 39.8 Å². The van der Waals surface area contributed by atoms with Gasteiger partial charge in [0.1, 0.15) is 0 Å². The van der Waals surface area contributed by atoms with Gasteiger partial charge in [0.05, 0.1) is 15.4 Å². The highest BCUT2D eigenvalue weighted by Gasteiger charge is 2.21. The third-order valence-electron chi connectivity index (χ3n) is 2.48. The first kappa shape index (κ1) is 11.9. The lowest BCUT2D eigenvalue weighted by atomic mass is 10.2. The molecule has 0 unspecified atom stereocenters. The molecule has 19 heavy (non-hydrogen) atoms. The van der Waals surface area contributed by atoms with E-state index in [1.807, 2.05) is 17.5 Å². The second kappa shape index (κ2) is 4.48. The minimum atomic E-state index is -0.432. The van der Waals surface area contributed by atoms with Gasteiger partial charge in [-0.05, 0) is 17.5 Å². The molecule has 0 atom stereocenters. The minimum absolute atomic E-state index is 0.0575. The zero-order chi connectivity index (χ0) is 13.4. The molecule has 0 aliphatic heterocycles. The SMILES string of the molecule is Nc1noc(-c2ccc([N+](=O)[O-])s2)c1-c1cccs1. The van der Waals surface area contributed by atoms with Crippen LogP contribution in [0.4, 0.5) is 10.8 Å². The van der Waals surface area contributed by atoms with Crippen molar-refractivity contribution in [2.75, 3.05) is 5.73 Å². The van der Waals surface area contributed by atoms with Crippen LogP contribution in [0.25, 0.3) is 21.1 Å². The molecular weight excluding hydrogens is 286 g/mol. The Morgan fingerprint density at radius 2 is 2.16 bits per heavy atom. The molecule has 0 spiro atoms. The second-order valence-electron chi connectivity index (χ2n) is 3.64. The van der Waals surface area contributed by atoms with Crippen LogP contribution in [0.5, 0.6) is 0 Å². The van der Waals surface area contributed by atoms with Crippen LogP contribution in [0.15, 0.2) is 34.2 Å². The summed E-state index contributed by atoms with van der Waals surface area (Å²) in [5, 5.41) is 16.4. The van der Waals surface area contributed by atoms with E-state index in [2.05, 4.69) is 5.16 Å². The Morgan fingerprint density at radius 3 is 2.79 bits per heavy atom. The minimum Gasteiger partial charge on any atom is -0.380 e. The van der Waals surface area contributed by atoms with Gasteiger partial charge in [-0.1, -0.05) is 22.6 Å². The summed E-state index contributed by atoms with van der Waals surface area (Å²) < 4.78 is 5.22. The molecule has 0 radical (unpaired) electrons. The van der Waals surface area contributed by atoms with Crippen molar-refractivity contribution in [2.24, 2.45) is 0 Å². The van der Waals surface area contributed by atoms with Gasteiger partial charge in [0, 0.05) is 10.9 Å². The average Bonchev–Trinajstić information content (AvgIpc) is 3.07. The van der Waals surface area contributed by atoms with Crippen LogP contribution in [0.1, 0.15) is 0 Å². The third-order valence-corrected chi connectivity index (χ3v) is 4.40. The Morgan fingerprint density at radius 1 is 1.32 bits per heavy atom. The second-order valence-corrected chi connectivity index (χ2v) is 5.65. The Hall–Kier alpha value is -2.19. The quantitative estimate of drug-likeness (QED) is 0.587. The van der Waals surface area contributed by atoms with Gasteiger partial charge in [-0.25, -0.2) is 0 Å². The molecule has 2 N–H and O–H groups in total. The maximum Gasteiger partial charge on any atom is 0.324 e. The highest BCUT2D eigenvalue weighted by molar-refractivity contribution is 7.18. The largest absolute Gasteiger partial charge is 0.380 e. The van der Waals surface area contributed by atoms with E-state index in [4.69, 9.17) is 10.3 Å². The maximum atomic E-state index is 10.7. The van der Waals surface area contributed by atoms with Crippen molar-refractivity contribution in [1.29, 1.82) is 0 Å². The number of anilines is 1. The Kier molecular flexibility index (Phi) is 2.80. The lowest BCUT2D eigenvalue weighted by molar-refractivity contribution is -0.380. The van der Waals surface area contributed by atoms with Crippen LogP contribution in [0.3, 0.4) is 0 Å². The molecule has 0 aromatic carbocycles. The lowest BCUT2D eigenvalue weighted by Crippen LogP contribution is -1.86. The fraction of sp³-hybridized carbons (Fsp3) is 0. The lowest BCUT2D eigenvalue weighted by Gasteiger charge is -1.95. The molecule has 3 aromatic rings. The predicted molar refractivity (Wildman–Crippen MR) is 74.2 cm³/mol. The van der Waals surface area contributed by atoms with Gasteiger partial charge in [-0.15, -0.1) is 11.3 Å². The molecule has 8 heteroatoms. The van der Waals surface area contributed by atoms with Crippen LogP contribution < -0.4 is 5.73 Å². The summed E-state index contributed by atoms with van der Waals surface area (Å²) in [5.41, 5.74) is 6.50. The van der Waals surface area contributed by atoms with Gasteiger partial charge in [0.15, 0.2) is 11.6 Å². The fourth-order valence-electron chi connectivity index (χ4n) is 1.68. The van der Waals surface area contributed by atoms with Crippen molar-refractivity contribution in [3.8, 4) is 21.1 Å². The highest BCUT2D eigenvalue weighted by Crippen LogP contribution is 2.42. The zero-order valence-corrected chi connectivity index (χ0v) is 11.0. The van der Waals surface area contributed by atoms with Gasteiger partial charge in [0.2, 0.25) is 0 Å².